The van der Waals surface area contributed by atoms with Crippen molar-refractivity contribution in [3.8, 4) is 0 Å². The quantitative estimate of drug-likeness (QED) is 0.640. The highest BCUT2D eigenvalue weighted by Gasteiger charge is 2.28. The van der Waals surface area contributed by atoms with Crippen LogP contribution in [0.25, 0.3) is 0 Å². The van der Waals surface area contributed by atoms with Gasteiger partial charge in [-0.3, -0.25) is 9.59 Å². The van der Waals surface area contributed by atoms with Gasteiger partial charge in [-0.2, -0.15) is 13.2 Å². The van der Waals surface area contributed by atoms with Gasteiger partial charge in [0.25, 0.3) is 0 Å². The van der Waals surface area contributed by atoms with Crippen molar-refractivity contribution in [1.82, 2.24) is 9.13 Å². The maximum absolute atomic E-state index is 13.5. The van der Waals surface area contributed by atoms with Crippen molar-refractivity contribution in [3.05, 3.63) is 68.7 Å². The highest BCUT2D eigenvalue weighted by Crippen LogP contribution is 2.15. The lowest BCUT2D eigenvalue weighted by molar-refractivity contribution is -0.141. The first kappa shape index (κ1) is 15.0. The van der Waals surface area contributed by atoms with E-state index in [0.29, 0.717) is 0 Å². The number of hydrogen-bond acceptors (Lipinski definition) is 2. The van der Waals surface area contributed by atoms with Gasteiger partial charge in [0.2, 0.25) is 0 Å². The van der Waals surface area contributed by atoms with Gasteiger partial charge in [-0.25, -0.2) is 4.39 Å². The Morgan fingerprint density at radius 1 is 0.952 bits per heavy atom. The molecule has 0 aliphatic rings. The number of nitrogens with zero attached hydrogens (tertiary/aromatic N) is 2. The third-order valence-corrected chi connectivity index (χ3v) is 2.78. The third-order valence-electron chi connectivity index (χ3n) is 2.78. The Kier molecular flexibility index (Phi) is 3.97. The first-order chi connectivity index (χ1) is 9.78. The van der Waals surface area contributed by atoms with E-state index >= 15 is 0 Å². The lowest BCUT2D eigenvalue weighted by Crippen LogP contribution is -2.42. The van der Waals surface area contributed by atoms with Crippen LogP contribution in [-0.4, -0.2) is 15.3 Å². The van der Waals surface area contributed by atoms with E-state index in [-0.39, 0.29) is 16.7 Å². The van der Waals surface area contributed by atoms with Crippen molar-refractivity contribution in [2.45, 2.75) is 19.3 Å². The minimum atomic E-state index is -4.60. The van der Waals surface area contributed by atoms with Gasteiger partial charge in [-0.05, 0) is 6.07 Å². The van der Waals surface area contributed by atoms with Crippen LogP contribution in [0, 0.1) is 5.82 Å². The molecule has 2 aromatic rings. The maximum atomic E-state index is 13.5. The van der Waals surface area contributed by atoms with Gasteiger partial charge < -0.3 is 9.13 Å². The summed E-state index contributed by atoms with van der Waals surface area (Å²) in [5.41, 5.74) is -2.27. The maximum Gasteiger partial charge on any atom is 0.406 e. The first-order valence-corrected chi connectivity index (χ1v) is 5.88. The Balaban J connectivity index is 2.36. The topological polar surface area (TPSA) is 44.0 Å². The molecule has 0 saturated heterocycles. The van der Waals surface area contributed by atoms with Gasteiger partial charge >= 0.3 is 17.3 Å². The van der Waals surface area contributed by atoms with Crippen LogP contribution < -0.4 is 11.1 Å². The molecule has 21 heavy (non-hydrogen) atoms. The van der Waals surface area contributed by atoms with E-state index < -0.39 is 29.7 Å². The van der Waals surface area contributed by atoms with E-state index in [1.165, 1.54) is 18.2 Å². The molecule has 0 atom stereocenters. The van der Waals surface area contributed by atoms with Crippen LogP contribution in [0.3, 0.4) is 0 Å². The van der Waals surface area contributed by atoms with Crippen LogP contribution in [0.4, 0.5) is 17.6 Å². The lowest BCUT2D eigenvalue weighted by atomic mass is 10.2. The highest BCUT2D eigenvalue weighted by atomic mass is 19.4. The molecule has 0 N–H and O–H groups in total. The van der Waals surface area contributed by atoms with Crippen molar-refractivity contribution < 1.29 is 17.6 Å². The number of rotatable bonds is 3. The van der Waals surface area contributed by atoms with Crippen LogP contribution in [0.5, 0.6) is 0 Å². The molecule has 0 aliphatic heterocycles. The van der Waals surface area contributed by atoms with Crippen LogP contribution >= 0.6 is 0 Å². The molecule has 4 nitrogen and oxygen atoms in total. The van der Waals surface area contributed by atoms with E-state index in [0.717, 1.165) is 17.0 Å². The second-order valence-electron chi connectivity index (χ2n) is 4.37. The third kappa shape index (κ3) is 3.59. The van der Waals surface area contributed by atoms with Gasteiger partial charge in [0.05, 0.1) is 6.54 Å². The highest BCUT2D eigenvalue weighted by molar-refractivity contribution is 5.17. The summed E-state index contributed by atoms with van der Waals surface area (Å²) in [6.45, 7) is -1.77. The fourth-order valence-corrected chi connectivity index (χ4v) is 1.79. The number of halogens is 4. The molecule has 0 bridgehead atoms. The standard InChI is InChI=1S/C13H10F4N2O2/c14-10-4-2-1-3-9(10)7-18-5-6-19(8-13(15,16)17)12(21)11(18)20/h1-6H,7-8H2. The van der Waals surface area contributed by atoms with Gasteiger partial charge in [0.15, 0.2) is 0 Å². The molecule has 0 fully saturated rings. The molecular weight excluding hydrogens is 292 g/mol. The van der Waals surface area contributed by atoms with Crippen molar-refractivity contribution in [3.63, 3.8) is 0 Å². The summed E-state index contributed by atoms with van der Waals surface area (Å²) in [6.07, 6.45) is -2.71. The average Bonchev–Trinajstić information content (AvgIpc) is 2.39. The number of hydrogen-bond donors (Lipinski definition) is 0. The fourth-order valence-electron chi connectivity index (χ4n) is 1.79. The Labute approximate surface area is 115 Å². The second kappa shape index (κ2) is 5.55. The van der Waals surface area contributed by atoms with E-state index in [9.17, 15) is 27.2 Å². The molecule has 1 aromatic carbocycles. The van der Waals surface area contributed by atoms with Crippen molar-refractivity contribution in [2.75, 3.05) is 0 Å². The minimum Gasteiger partial charge on any atom is -0.305 e. The lowest BCUT2D eigenvalue weighted by Gasteiger charge is -2.11. The van der Waals surface area contributed by atoms with Gasteiger partial charge in [-0.1, -0.05) is 18.2 Å². The van der Waals surface area contributed by atoms with Crippen molar-refractivity contribution in [1.29, 1.82) is 0 Å². The van der Waals surface area contributed by atoms with Crippen molar-refractivity contribution >= 4 is 0 Å². The molecule has 1 heterocycles. The van der Waals surface area contributed by atoms with E-state index in [2.05, 4.69) is 0 Å². The van der Waals surface area contributed by atoms with Gasteiger partial charge in [0.1, 0.15) is 12.4 Å². The van der Waals surface area contributed by atoms with Crippen LogP contribution in [0.1, 0.15) is 5.56 Å². The number of benzene rings is 1. The van der Waals surface area contributed by atoms with E-state index in [1.807, 2.05) is 0 Å². The van der Waals surface area contributed by atoms with Crippen molar-refractivity contribution in [2.24, 2.45) is 0 Å². The molecule has 1 aromatic heterocycles. The predicted octanol–water partition coefficient (Wildman–Crippen LogP) is 1.76. The SMILES string of the molecule is O=c1c(=O)n(CC(F)(F)F)ccn1Cc1ccccc1F. The molecule has 2 rings (SSSR count). The molecule has 0 aliphatic carbocycles. The zero-order valence-electron chi connectivity index (χ0n) is 10.6. The minimum absolute atomic E-state index is 0.160. The molecule has 0 saturated carbocycles. The smallest absolute Gasteiger partial charge is 0.305 e. The molecule has 0 amide bonds. The largest absolute Gasteiger partial charge is 0.406 e. The van der Waals surface area contributed by atoms with E-state index in [4.69, 9.17) is 0 Å². The Morgan fingerprint density at radius 2 is 1.52 bits per heavy atom. The zero-order valence-corrected chi connectivity index (χ0v) is 10.6. The summed E-state index contributed by atoms with van der Waals surface area (Å²) >= 11 is 0. The Bertz CT molecular complexity index is 762. The molecule has 8 heteroatoms. The normalized spacial score (nSPS) is 11.6. The summed E-state index contributed by atoms with van der Waals surface area (Å²) in [5, 5.41) is 0. The van der Waals surface area contributed by atoms with E-state index in [1.54, 1.807) is 6.07 Å². The van der Waals surface area contributed by atoms with Crippen LogP contribution in [-0.2, 0) is 13.1 Å². The molecular formula is C13H10F4N2O2. The molecule has 0 radical (unpaired) electrons. The second-order valence-corrected chi connectivity index (χ2v) is 4.37. The molecule has 0 spiro atoms. The summed E-state index contributed by atoms with van der Waals surface area (Å²) in [4.78, 5) is 23.3. The van der Waals surface area contributed by atoms with Crippen LogP contribution in [0.2, 0.25) is 0 Å². The fraction of sp³-hybridized carbons (Fsp3) is 0.231. The Morgan fingerprint density at radius 3 is 2.14 bits per heavy atom. The van der Waals surface area contributed by atoms with Gasteiger partial charge in [-0.15, -0.1) is 0 Å². The number of alkyl halides is 3. The molecule has 0 unspecified atom stereocenters. The monoisotopic (exact) mass is 302 g/mol. The molecule has 112 valence electrons. The zero-order chi connectivity index (χ0) is 15.6. The number of aromatic nitrogens is 2. The first-order valence-electron chi connectivity index (χ1n) is 5.88. The average molecular weight is 302 g/mol. The van der Waals surface area contributed by atoms with Gasteiger partial charge in [0, 0.05) is 18.0 Å². The summed E-state index contributed by atoms with van der Waals surface area (Å²) in [7, 11) is 0. The predicted molar refractivity (Wildman–Crippen MR) is 66.5 cm³/mol. The summed E-state index contributed by atoms with van der Waals surface area (Å²) in [5.74, 6) is -0.566. The summed E-state index contributed by atoms with van der Waals surface area (Å²) in [6, 6.07) is 5.62. The summed E-state index contributed by atoms with van der Waals surface area (Å²) < 4.78 is 51.3. The van der Waals surface area contributed by atoms with Crippen LogP contribution in [0.15, 0.2) is 46.2 Å². The Hall–Kier alpha value is -2.38.